The number of rotatable bonds is 2. The maximum atomic E-state index is 12.0. The average Bonchev–Trinajstić information content (AvgIpc) is 2.56. The SMILES string of the molecule is O=C(O)ON1C(=O)CC(C2CC/C=C\CCC2)C1=O. The Morgan fingerprint density at radius 3 is 2.74 bits per heavy atom. The van der Waals surface area contributed by atoms with Gasteiger partial charge in [0.1, 0.15) is 0 Å². The minimum Gasteiger partial charge on any atom is -0.448 e. The van der Waals surface area contributed by atoms with E-state index in [0.29, 0.717) is 5.06 Å². The standard InChI is InChI=1S/C13H17NO5/c15-11-8-10(12(16)14(11)19-13(17)18)9-6-4-2-1-3-5-7-9/h1-2,9-10H,3-8H2,(H,17,18)/b2-1-. The van der Waals surface area contributed by atoms with E-state index in [2.05, 4.69) is 17.0 Å². The molecule has 0 bridgehead atoms. The molecular formula is C13H17NO5. The average molecular weight is 267 g/mol. The molecule has 0 radical (unpaired) electrons. The molecule has 6 heteroatoms. The summed E-state index contributed by atoms with van der Waals surface area (Å²) in [7, 11) is 0. The van der Waals surface area contributed by atoms with Gasteiger partial charge >= 0.3 is 6.16 Å². The fraction of sp³-hybridized carbons (Fsp3) is 0.615. The van der Waals surface area contributed by atoms with Gasteiger partial charge in [-0.25, -0.2) is 4.79 Å². The maximum absolute atomic E-state index is 12.0. The summed E-state index contributed by atoms with van der Waals surface area (Å²) in [4.78, 5) is 38.4. The monoisotopic (exact) mass is 267 g/mol. The van der Waals surface area contributed by atoms with E-state index in [1.54, 1.807) is 0 Å². The van der Waals surface area contributed by atoms with Crippen LogP contribution in [0.2, 0.25) is 0 Å². The van der Waals surface area contributed by atoms with Crippen molar-refractivity contribution in [2.75, 3.05) is 0 Å². The molecule has 1 N–H and O–H groups in total. The van der Waals surface area contributed by atoms with Crippen LogP contribution < -0.4 is 0 Å². The van der Waals surface area contributed by atoms with Crippen LogP contribution in [-0.2, 0) is 14.4 Å². The number of hydrogen-bond donors (Lipinski definition) is 1. The molecule has 1 fully saturated rings. The number of hydroxylamine groups is 2. The lowest BCUT2D eigenvalue weighted by Crippen LogP contribution is -2.34. The highest BCUT2D eigenvalue weighted by Gasteiger charge is 2.45. The first-order valence-corrected chi connectivity index (χ1v) is 6.52. The molecule has 1 aliphatic heterocycles. The van der Waals surface area contributed by atoms with Gasteiger partial charge in [0.2, 0.25) is 0 Å². The van der Waals surface area contributed by atoms with Crippen molar-refractivity contribution in [1.82, 2.24) is 5.06 Å². The van der Waals surface area contributed by atoms with Gasteiger partial charge in [-0.05, 0) is 38.0 Å². The van der Waals surface area contributed by atoms with Crippen molar-refractivity contribution in [1.29, 1.82) is 0 Å². The summed E-state index contributed by atoms with van der Waals surface area (Å²) in [6.07, 6.45) is 7.25. The van der Waals surface area contributed by atoms with E-state index in [4.69, 9.17) is 5.11 Å². The molecule has 2 aliphatic rings. The van der Waals surface area contributed by atoms with Crippen molar-refractivity contribution >= 4 is 18.0 Å². The number of allylic oxidation sites excluding steroid dienone is 2. The van der Waals surface area contributed by atoms with Crippen LogP contribution in [0.3, 0.4) is 0 Å². The largest absolute Gasteiger partial charge is 0.531 e. The van der Waals surface area contributed by atoms with Gasteiger partial charge in [-0.3, -0.25) is 14.4 Å². The van der Waals surface area contributed by atoms with E-state index in [9.17, 15) is 14.4 Å². The number of hydrogen-bond acceptors (Lipinski definition) is 4. The predicted octanol–water partition coefficient (Wildman–Crippen LogP) is 2.11. The molecule has 1 saturated heterocycles. The maximum Gasteiger partial charge on any atom is 0.531 e. The number of carboxylic acid groups (broad SMARTS) is 1. The Bertz CT molecular complexity index is 417. The van der Waals surface area contributed by atoms with E-state index >= 15 is 0 Å². The summed E-state index contributed by atoms with van der Waals surface area (Å²) in [6.45, 7) is 0. The van der Waals surface area contributed by atoms with Crippen LogP contribution in [0.25, 0.3) is 0 Å². The third-order valence-electron chi connectivity index (χ3n) is 3.69. The topological polar surface area (TPSA) is 83.9 Å². The van der Waals surface area contributed by atoms with Gasteiger partial charge in [-0.15, -0.1) is 0 Å². The molecule has 0 aromatic heterocycles. The van der Waals surface area contributed by atoms with Crippen molar-refractivity contribution in [3.8, 4) is 0 Å². The van der Waals surface area contributed by atoms with Crippen LogP contribution in [0.5, 0.6) is 0 Å². The second-order valence-electron chi connectivity index (χ2n) is 4.93. The number of nitrogens with zero attached hydrogens (tertiary/aromatic N) is 1. The summed E-state index contributed by atoms with van der Waals surface area (Å²) in [6, 6.07) is 0. The van der Waals surface area contributed by atoms with E-state index in [0.717, 1.165) is 32.1 Å². The second-order valence-corrected chi connectivity index (χ2v) is 4.93. The molecule has 2 rings (SSSR count). The number of amides is 2. The third-order valence-corrected chi connectivity index (χ3v) is 3.69. The van der Waals surface area contributed by atoms with E-state index in [-0.39, 0.29) is 12.3 Å². The zero-order valence-corrected chi connectivity index (χ0v) is 10.6. The number of imide groups is 1. The quantitative estimate of drug-likeness (QED) is 0.612. The zero-order chi connectivity index (χ0) is 13.8. The van der Waals surface area contributed by atoms with Gasteiger partial charge in [-0.1, -0.05) is 17.2 Å². The Morgan fingerprint density at radius 2 is 2.00 bits per heavy atom. The fourth-order valence-corrected chi connectivity index (χ4v) is 2.76. The zero-order valence-electron chi connectivity index (χ0n) is 10.6. The molecular weight excluding hydrogens is 250 g/mol. The molecule has 2 atom stereocenters. The van der Waals surface area contributed by atoms with E-state index in [1.165, 1.54) is 0 Å². The van der Waals surface area contributed by atoms with E-state index < -0.39 is 23.9 Å². The summed E-state index contributed by atoms with van der Waals surface area (Å²) in [5.41, 5.74) is 0. The van der Waals surface area contributed by atoms with Crippen molar-refractivity contribution < 1.29 is 24.3 Å². The van der Waals surface area contributed by atoms with Crippen molar-refractivity contribution in [3.05, 3.63) is 12.2 Å². The van der Waals surface area contributed by atoms with Crippen molar-refractivity contribution in [2.45, 2.75) is 38.5 Å². The molecule has 19 heavy (non-hydrogen) atoms. The van der Waals surface area contributed by atoms with Gasteiger partial charge in [0, 0.05) is 6.42 Å². The highest BCUT2D eigenvalue weighted by atomic mass is 16.8. The molecule has 1 heterocycles. The molecule has 2 amide bonds. The van der Waals surface area contributed by atoms with Crippen LogP contribution in [0.15, 0.2) is 12.2 Å². The Labute approximate surface area is 111 Å². The first kappa shape index (κ1) is 13.6. The van der Waals surface area contributed by atoms with Gasteiger partial charge in [0.05, 0.1) is 5.92 Å². The molecule has 104 valence electrons. The summed E-state index contributed by atoms with van der Waals surface area (Å²) >= 11 is 0. The molecule has 0 aromatic rings. The normalized spacial score (nSPS) is 29.8. The van der Waals surface area contributed by atoms with Crippen LogP contribution in [-0.4, -0.2) is 28.1 Å². The highest BCUT2D eigenvalue weighted by Crippen LogP contribution is 2.34. The Morgan fingerprint density at radius 1 is 1.26 bits per heavy atom. The lowest BCUT2D eigenvalue weighted by Gasteiger charge is -2.22. The lowest BCUT2D eigenvalue weighted by atomic mass is 9.82. The minimum absolute atomic E-state index is 0.0560. The van der Waals surface area contributed by atoms with Crippen LogP contribution in [0.1, 0.15) is 38.5 Å². The van der Waals surface area contributed by atoms with Crippen molar-refractivity contribution in [2.24, 2.45) is 11.8 Å². The van der Waals surface area contributed by atoms with Crippen molar-refractivity contribution in [3.63, 3.8) is 0 Å². The van der Waals surface area contributed by atoms with Crippen LogP contribution in [0, 0.1) is 11.8 Å². The number of carbonyl (C=O) groups is 3. The molecule has 0 saturated carbocycles. The van der Waals surface area contributed by atoms with Gasteiger partial charge in [-0.2, -0.15) is 0 Å². The van der Waals surface area contributed by atoms with Crippen LogP contribution in [0.4, 0.5) is 4.79 Å². The number of carbonyl (C=O) groups excluding carboxylic acids is 2. The molecule has 1 aliphatic carbocycles. The van der Waals surface area contributed by atoms with Gasteiger partial charge in [0.15, 0.2) is 0 Å². The summed E-state index contributed by atoms with van der Waals surface area (Å²) in [5.74, 6) is -1.38. The Kier molecular flexibility index (Phi) is 4.19. The smallest absolute Gasteiger partial charge is 0.448 e. The minimum atomic E-state index is -1.64. The Balaban J connectivity index is 2.04. The molecule has 0 spiro atoms. The fourth-order valence-electron chi connectivity index (χ4n) is 2.76. The lowest BCUT2D eigenvalue weighted by molar-refractivity contribution is -0.177. The molecule has 2 unspecified atom stereocenters. The van der Waals surface area contributed by atoms with Gasteiger partial charge in [0.25, 0.3) is 11.8 Å². The molecule has 0 aromatic carbocycles. The predicted molar refractivity (Wildman–Crippen MR) is 64.8 cm³/mol. The Hall–Kier alpha value is -1.85. The van der Waals surface area contributed by atoms with Gasteiger partial charge < -0.3 is 5.11 Å². The summed E-state index contributed by atoms with van der Waals surface area (Å²) < 4.78 is 0. The second kappa shape index (κ2) is 5.86. The molecule has 6 nitrogen and oxygen atoms in total. The van der Waals surface area contributed by atoms with Crippen LogP contribution >= 0.6 is 0 Å². The summed E-state index contributed by atoms with van der Waals surface area (Å²) in [5, 5.41) is 8.92. The third kappa shape index (κ3) is 3.13. The highest BCUT2D eigenvalue weighted by molar-refractivity contribution is 6.03. The first-order valence-electron chi connectivity index (χ1n) is 6.52. The van der Waals surface area contributed by atoms with E-state index in [1.807, 2.05) is 0 Å². The first-order chi connectivity index (χ1) is 9.09.